The predicted molar refractivity (Wildman–Crippen MR) is 133 cm³/mol. The number of hydrogen-bond acceptors (Lipinski definition) is 6. The third kappa shape index (κ3) is 2.93. The van der Waals surface area contributed by atoms with Crippen molar-refractivity contribution in [2.45, 2.75) is 11.7 Å². The first-order valence-electron chi connectivity index (χ1n) is 11.0. The summed E-state index contributed by atoms with van der Waals surface area (Å²) in [4.78, 5) is 56.3. The normalized spacial score (nSPS) is 24.3. The van der Waals surface area contributed by atoms with Crippen molar-refractivity contribution in [3.05, 3.63) is 93.1 Å². The van der Waals surface area contributed by atoms with Crippen LogP contribution in [0.5, 0.6) is 5.75 Å². The molecule has 35 heavy (non-hydrogen) atoms. The van der Waals surface area contributed by atoms with Crippen molar-refractivity contribution in [2.24, 2.45) is 11.8 Å². The minimum atomic E-state index is -2.08. The van der Waals surface area contributed by atoms with Gasteiger partial charge in [0.15, 0.2) is 0 Å². The number of amides is 2. The highest BCUT2D eigenvalue weighted by Gasteiger charge is 2.74. The molecule has 0 unspecified atom stereocenters. The summed E-state index contributed by atoms with van der Waals surface area (Å²) >= 11 is 2.15. The molecule has 0 bridgehead atoms. The first-order valence-corrected chi connectivity index (χ1v) is 12.1. The lowest BCUT2D eigenvalue weighted by Crippen LogP contribution is -2.51. The third-order valence-electron chi connectivity index (χ3n) is 7.03. The SMILES string of the molecule is COc1ccc(N2C(=O)[C@H]3[C@@H](c4cccc(I)c4)OC4(C(=O)c5ccccc5C4=O)[C@@H]3C2=O)cc1. The van der Waals surface area contributed by atoms with Crippen molar-refractivity contribution in [2.75, 3.05) is 12.0 Å². The number of imide groups is 1. The number of rotatable bonds is 3. The molecule has 0 radical (unpaired) electrons. The summed E-state index contributed by atoms with van der Waals surface area (Å²) in [5.41, 5.74) is -0.667. The van der Waals surface area contributed by atoms with Crippen molar-refractivity contribution >= 4 is 51.7 Å². The van der Waals surface area contributed by atoms with E-state index in [0.717, 1.165) is 8.47 Å². The zero-order valence-electron chi connectivity index (χ0n) is 18.4. The van der Waals surface area contributed by atoms with Gasteiger partial charge < -0.3 is 9.47 Å². The van der Waals surface area contributed by atoms with Crippen LogP contribution in [0.1, 0.15) is 32.4 Å². The van der Waals surface area contributed by atoms with Gasteiger partial charge in [0.05, 0.1) is 30.7 Å². The standard InChI is InChI=1S/C27H18INO6/c1-34-17-11-9-16(10-12-17)29-25(32)20-21(26(29)33)27(35-22(20)14-5-4-6-15(28)13-14)23(30)18-7-2-3-8-19(18)24(27)31/h2-13,20-22H,1H3/t20-,21+,22-/m1/s1. The Labute approximate surface area is 214 Å². The largest absolute Gasteiger partial charge is 0.497 e. The van der Waals surface area contributed by atoms with Gasteiger partial charge in [0.25, 0.3) is 0 Å². The molecule has 3 aliphatic rings. The maximum atomic E-state index is 13.9. The zero-order valence-corrected chi connectivity index (χ0v) is 20.6. The van der Waals surface area contributed by atoms with Gasteiger partial charge in [-0.1, -0.05) is 36.4 Å². The van der Waals surface area contributed by atoms with E-state index < -0.39 is 46.9 Å². The van der Waals surface area contributed by atoms with Crippen LogP contribution in [0.25, 0.3) is 0 Å². The van der Waals surface area contributed by atoms with Gasteiger partial charge in [0.2, 0.25) is 29.0 Å². The van der Waals surface area contributed by atoms with E-state index in [2.05, 4.69) is 22.6 Å². The van der Waals surface area contributed by atoms with Crippen molar-refractivity contribution in [1.82, 2.24) is 0 Å². The van der Waals surface area contributed by atoms with Crippen LogP contribution in [-0.2, 0) is 14.3 Å². The van der Waals surface area contributed by atoms with Crippen LogP contribution in [0, 0.1) is 15.4 Å². The molecule has 1 spiro atoms. The number of methoxy groups -OCH3 is 1. The van der Waals surface area contributed by atoms with Crippen LogP contribution in [0.2, 0.25) is 0 Å². The third-order valence-corrected chi connectivity index (χ3v) is 7.70. The average Bonchev–Trinajstić information content (AvgIpc) is 3.44. The molecule has 3 aromatic rings. The summed E-state index contributed by atoms with van der Waals surface area (Å²) in [6, 6.07) is 20.3. The average molecular weight is 579 g/mol. The molecule has 2 aliphatic heterocycles. The second kappa shape index (κ2) is 7.82. The highest BCUT2D eigenvalue weighted by molar-refractivity contribution is 14.1. The fraction of sp³-hybridized carbons (Fsp3) is 0.185. The minimum absolute atomic E-state index is 0.211. The molecule has 2 saturated heterocycles. The van der Waals surface area contributed by atoms with Gasteiger partial charge in [-0.2, -0.15) is 0 Å². The molecule has 2 heterocycles. The highest BCUT2D eigenvalue weighted by atomic mass is 127. The van der Waals surface area contributed by atoms with Crippen molar-refractivity contribution in [3.8, 4) is 5.75 Å². The van der Waals surface area contributed by atoms with Crippen LogP contribution in [0.4, 0.5) is 5.69 Å². The molecule has 6 rings (SSSR count). The summed E-state index contributed by atoms with van der Waals surface area (Å²) < 4.78 is 12.4. The van der Waals surface area contributed by atoms with Crippen molar-refractivity contribution in [1.29, 1.82) is 0 Å². The summed E-state index contributed by atoms with van der Waals surface area (Å²) in [6.07, 6.45) is -0.934. The maximum Gasteiger partial charge on any atom is 0.241 e. The number of fused-ring (bicyclic) bond motifs is 3. The minimum Gasteiger partial charge on any atom is -0.497 e. The quantitative estimate of drug-likeness (QED) is 0.265. The molecule has 3 atom stereocenters. The fourth-order valence-electron chi connectivity index (χ4n) is 5.49. The van der Waals surface area contributed by atoms with E-state index in [4.69, 9.17) is 9.47 Å². The van der Waals surface area contributed by atoms with Crippen molar-refractivity contribution in [3.63, 3.8) is 0 Å². The number of halogens is 1. The highest BCUT2D eigenvalue weighted by Crippen LogP contribution is 2.57. The lowest BCUT2D eigenvalue weighted by molar-refractivity contribution is -0.127. The van der Waals surface area contributed by atoms with Crippen molar-refractivity contribution < 1.29 is 28.7 Å². The number of benzene rings is 3. The lowest BCUT2D eigenvalue weighted by Gasteiger charge is -2.27. The second-order valence-electron chi connectivity index (χ2n) is 8.75. The first kappa shape index (κ1) is 22.1. The van der Waals surface area contributed by atoms with Gasteiger partial charge in [-0.15, -0.1) is 0 Å². The fourth-order valence-corrected chi connectivity index (χ4v) is 6.05. The molecule has 1 aliphatic carbocycles. The number of hydrogen-bond donors (Lipinski definition) is 0. The molecule has 0 aromatic heterocycles. The van der Waals surface area contributed by atoms with Crippen LogP contribution >= 0.6 is 22.6 Å². The summed E-state index contributed by atoms with van der Waals surface area (Å²) in [5.74, 6) is -3.98. The first-order chi connectivity index (χ1) is 16.9. The Kier molecular flexibility index (Phi) is 4.94. The van der Waals surface area contributed by atoms with Crippen LogP contribution < -0.4 is 9.64 Å². The second-order valence-corrected chi connectivity index (χ2v) is 9.99. The number of ketones is 2. The molecule has 0 N–H and O–H groups in total. The summed E-state index contributed by atoms with van der Waals surface area (Å²) in [6.45, 7) is 0. The van der Waals surface area contributed by atoms with Gasteiger partial charge >= 0.3 is 0 Å². The molecule has 0 saturated carbocycles. The summed E-state index contributed by atoms with van der Waals surface area (Å²) in [7, 11) is 1.52. The topological polar surface area (TPSA) is 90.0 Å². The number of carbonyl (C=O) groups is 4. The number of anilines is 1. The summed E-state index contributed by atoms with van der Waals surface area (Å²) in [5, 5.41) is 0. The maximum absolute atomic E-state index is 13.9. The Morgan fingerprint density at radius 1 is 0.857 bits per heavy atom. The number of nitrogens with zero attached hydrogens (tertiary/aromatic N) is 1. The van der Waals surface area contributed by atoms with Gasteiger partial charge in [-0.05, 0) is 64.6 Å². The van der Waals surface area contributed by atoms with E-state index in [1.165, 1.54) is 7.11 Å². The molecular formula is C27H18INO6. The van der Waals surface area contributed by atoms with Crippen LogP contribution in [0.3, 0.4) is 0 Å². The molecular weight excluding hydrogens is 561 g/mol. The number of carbonyl (C=O) groups excluding carboxylic acids is 4. The van der Waals surface area contributed by atoms with E-state index in [0.29, 0.717) is 17.0 Å². The lowest BCUT2D eigenvalue weighted by atomic mass is 9.77. The monoisotopic (exact) mass is 579 g/mol. The van der Waals surface area contributed by atoms with E-state index in [1.54, 1.807) is 54.6 Å². The molecule has 8 heteroatoms. The van der Waals surface area contributed by atoms with E-state index in [9.17, 15) is 19.2 Å². The zero-order chi connectivity index (χ0) is 24.5. The Morgan fingerprint density at radius 3 is 2.11 bits per heavy atom. The Balaban J connectivity index is 1.53. The number of ether oxygens (including phenoxy) is 2. The van der Waals surface area contributed by atoms with Gasteiger partial charge in [0.1, 0.15) is 5.75 Å². The Hall–Kier alpha value is -3.37. The Bertz CT molecular complexity index is 1400. The molecule has 174 valence electrons. The van der Waals surface area contributed by atoms with E-state index >= 15 is 0 Å². The molecule has 2 amide bonds. The molecule has 2 fully saturated rings. The van der Waals surface area contributed by atoms with Crippen LogP contribution in [-0.4, -0.2) is 36.1 Å². The predicted octanol–water partition coefficient (Wildman–Crippen LogP) is 3.99. The van der Waals surface area contributed by atoms with E-state index in [-0.39, 0.29) is 11.1 Å². The van der Waals surface area contributed by atoms with Gasteiger partial charge in [0, 0.05) is 14.7 Å². The van der Waals surface area contributed by atoms with Crippen LogP contribution in [0.15, 0.2) is 72.8 Å². The number of Topliss-reactive ketones (excluding diaryl/α,β-unsaturated/α-hetero) is 2. The van der Waals surface area contributed by atoms with Gasteiger partial charge in [-0.25, -0.2) is 4.90 Å². The molecule has 7 nitrogen and oxygen atoms in total. The molecule has 3 aromatic carbocycles. The van der Waals surface area contributed by atoms with E-state index in [1.807, 2.05) is 18.2 Å². The Morgan fingerprint density at radius 2 is 1.51 bits per heavy atom. The van der Waals surface area contributed by atoms with Gasteiger partial charge in [-0.3, -0.25) is 19.2 Å². The smallest absolute Gasteiger partial charge is 0.241 e.